The number of piperidine rings is 1. The Kier molecular flexibility index (Phi) is 10.6. The fraction of sp³-hybridized carbons (Fsp3) is 0.611. The number of aromatic hydroxyl groups is 1. The van der Waals surface area contributed by atoms with Crippen molar-refractivity contribution in [3.63, 3.8) is 0 Å². The van der Waals surface area contributed by atoms with Crippen LogP contribution in [0.25, 0.3) is 0 Å². The van der Waals surface area contributed by atoms with Gasteiger partial charge in [-0.2, -0.15) is 17.5 Å². The number of phenolic OH excluding ortho intramolecular Hbond substituents is 1. The summed E-state index contributed by atoms with van der Waals surface area (Å²) in [6.45, 7) is 0.931. The Morgan fingerprint density at radius 1 is 1.20 bits per heavy atom. The van der Waals surface area contributed by atoms with Crippen LogP contribution in [0.15, 0.2) is 29.3 Å². The van der Waals surface area contributed by atoms with Crippen LogP contribution < -0.4 is 10.6 Å². The molecule has 0 aromatic heterocycles. The van der Waals surface area contributed by atoms with Gasteiger partial charge in [0.2, 0.25) is 0 Å². The Morgan fingerprint density at radius 2 is 1.80 bits per heavy atom. The molecule has 12 heteroatoms. The molecule has 0 radical (unpaired) electrons. The highest BCUT2D eigenvalue weighted by Gasteiger charge is 2.50. The molecule has 1 aromatic carbocycles. The zero-order chi connectivity index (χ0) is 21.5. The minimum atomic E-state index is -5.25. The third-order valence-corrected chi connectivity index (χ3v) is 6.49. The highest BCUT2D eigenvalue weighted by atomic mass is 127. The first-order chi connectivity index (χ1) is 13.6. The van der Waals surface area contributed by atoms with E-state index in [1.54, 1.807) is 19.2 Å². The van der Waals surface area contributed by atoms with E-state index in [1.165, 1.54) is 0 Å². The number of hydrogen-bond acceptors (Lipinski definition) is 4. The van der Waals surface area contributed by atoms with Gasteiger partial charge in [-0.05, 0) is 49.3 Å². The number of aryl methyl sites for hydroxylation is 1. The van der Waals surface area contributed by atoms with Gasteiger partial charge in [-0.1, -0.05) is 12.1 Å². The number of nitrogens with zero attached hydrogens (tertiary/aromatic N) is 2. The van der Waals surface area contributed by atoms with Crippen molar-refractivity contribution in [3.8, 4) is 5.75 Å². The smallest absolute Gasteiger partial charge is 0.508 e. The second kappa shape index (κ2) is 11.9. The predicted octanol–water partition coefficient (Wildman–Crippen LogP) is 2.67. The first kappa shape index (κ1) is 26.8. The fourth-order valence-electron chi connectivity index (χ4n) is 3.12. The Bertz CT molecular complexity index is 781. The van der Waals surface area contributed by atoms with Crippen LogP contribution in [-0.4, -0.2) is 62.5 Å². The van der Waals surface area contributed by atoms with Crippen molar-refractivity contribution in [2.75, 3.05) is 33.2 Å². The molecule has 0 aliphatic carbocycles. The van der Waals surface area contributed by atoms with Gasteiger partial charge in [0.25, 0.3) is 0 Å². The Balaban J connectivity index is 0.00000450. The summed E-state index contributed by atoms with van der Waals surface area (Å²) in [5.74, 6) is 0.907. The van der Waals surface area contributed by atoms with Gasteiger partial charge < -0.3 is 15.7 Å². The number of halogens is 4. The van der Waals surface area contributed by atoms with Crippen LogP contribution in [0.5, 0.6) is 5.75 Å². The van der Waals surface area contributed by atoms with Crippen molar-refractivity contribution in [2.45, 2.75) is 31.2 Å². The molecule has 0 unspecified atom stereocenters. The second-order valence-corrected chi connectivity index (χ2v) is 8.87. The molecule has 2 rings (SSSR count). The van der Waals surface area contributed by atoms with E-state index in [9.17, 15) is 26.7 Å². The zero-order valence-electron chi connectivity index (χ0n) is 16.7. The van der Waals surface area contributed by atoms with E-state index >= 15 is 0 Å². The van der Waals surface area contributed by atoms with Gasteiger partial charge in [-0.25, -0.2) is 8.42 Å². The summed E-state index contributed by atoms with van der Waals surface area (Å²) in [6, 6.07) is 7.03. The predicted molar refractivity (Wildman–Crippen MR) is 120 cm³/mol. The largest absolute Gasteiger partial charge is 0.511 e. The maximum Gasteiger partial charge on any atom is 0.511 e. The number of benzene rings is 1. The van der Waals surface area contributed by atoms with Gasteiger partial charge in [0.15, 0.2) is 5.96 Å². The molecule has 0 amide bonds. The Morgan fingerprint density at radius 3 is 2.33 bits per heavy atom. The monoisotopic (exact) mass is 564 g/mol. The number of rotatable bonds is 7. The summed E-state index contributed by atoms with van der Waals surface area (Å²) in [4.78, 5) is 4.12. The van der Waals surface area contributed by atoms with Gasteiger partial charge in [0, 0.05) is 33.2 Å². The average Bonchev–Trinajstić information content (AvgIpc) is 2.68. The topological polar surface area (TPSA) is 94.0 Å². The van der Waals surface area contributed by atoms with Crippen LogP contribution in [0.1, 0.15) is 24.8 Å². The molecule has 0 atom stereocenters. The molecule has 1 aliphatic heterocycles. The van der Waals surface area contributed by atoms with Crippen LogP contribution in [-0.2, 0) is 16.4 Å². The molecule has 172 valence electrons. The van der Waals surface area contributed by atoms with Crippen LogP contribution in [0, 0.1) is 5.92 Å². The van der Waals surface area contributed by atoms with Crippen molar-refractivity contribution in [1.29, 1.82) is 0 Å². The zero-order valence-corrected chi connectivity index (χ0v) is 19.8. The van der Waals surface area contributed by atoms with Crippen molar-refractivity contribution < 1.29 is 26.7 Å². The van der Waals surface area contributed by atoms with Crippen LogP contribution in [0.2, 0.25) is 0 Å². The lowest BCUT2D eigenvalue weighted by Gasteiger charge is -2.31. The molecule has 1 fully saturated rings. The van der Waals surface area contributed by atoms with E-state index in [-0.39, 0.29) is 48.7 Å². The molecule has 1 aliphatic rings. The Hall–Kier alpha value is -1.28. The van der Waals surface area contributed by atoms with E-state index in [0.29, 0.717) is 36.2 Å². The standard InChI is InChI=1S/C18H27F3N4O3S.HI/c1-22-17(23-10-2-3-14-4-6-16(26)7-5-14)24-13-15-8-11-25(12-9-15)29(27,28)18(19,20)21;/h4-7,15,26H,2-3,8-13H2,1H3,(H2,22,23,24);1H. The summed E-state index contributed by atoms with van der Waals surface area (Å²) < 4.78 is 61.2. The molecule has 7 nitrogen and oxygen atoms in total. The van der Waals surface area contributed by atoms with Crippen LogP contribution in [0.4, 0.5) is 13.2 Å². The summed E-state index contributed by atoms with van der Waals surface area (Å²) in [6.07, 6.45) is 2.43. The minimum absolute atomic E-state index is 0. The van der Waals surface area contributed by atoms with E-state index in [0.717, 1.165) is 18.4 Å². The third-order valence-electron chi connectivity index (χ3n) is 4.86. The molecule has 1 heterocycles. The molecule has 0 spiro atoms. The van der Waals surface area contributed by atoms with Crippen molar-refractivity contribution in [3.05, 3.63) is 29.8 Å². The lowest BCUT2D eigenvalue weighted by Crippen LogP contribution is -2.47. The highest BCUT2D eigenvalue weighted by molar-refractivity contribution is 14.0. The molecule has 0 bridgehead atoms. The first-order valence-corrected chi connectivity index (χ1v) is 10.9. The molecule has 0 saturated carbocycles. The Labute approximate surface area is 192 Å². The first-order valence-electron chi connectivity index (χ1n) is 9.42. The van der Waals surface area contributed by atoms with Crippen molar-refractivity contribution in [1.82, 2.24) is 14.9 Å². The maximum absolute atomic E-state index is 12.6. The molecular weight excluding hydrogens is 536 g/mol. The number of aliphatic imine (C=N–C) groups is 1. The van der Waals surface area contributed by atoms with Crippen LogP contribution in [0.3, 0.4) is 0 Å². The normalized spacial score (nSPS) is 16.7. The summed E-state index contributed by atoms with van der Waals surface area (Å²) in [5.41, 5.74) is -4.13. The summed E-state index contributed by atoms with van der Waals surface area (Å²) >= 11 is 0. The molecular formula is C18H28F3IN4O3S. The van der Waals surface area contributed by atoms with Gasteiger partial charge >= 0.3 is 15.5 Å². The lowest BCUT2D eigenvalue weighted by molar-refractivity contribution is -0.0496. The maximum atomic E-state index is 12.6. The second-order valence-electron chi connectivity index (χ2n) is 6.94. The molecule has 30 heavy (non-hydrogen) atoms. The quantitative estimate of drug-likeness (QED) is 0.205. The fourth-order valence-corrected chi connectivity index (χ4v) is 4.11. The number of sulfonamides is 1. The van der Waals surface area contributed by atoms with E-state index < -0.39 is 15.5 Å². The molecule has 1 aromatic rings. The number of guanidine groups is 1. The van der Waals surface area contributed by atoms with E-state index in [2.05, 4.69) is 15.6 Å². The van der Waals surface area contributed by atoms with E-state index in [4.69, 9.17) is 0 Å². The van der Waals surface area contributed by atoms with Crippen molar-refractivity contribution >= 4 is 40.0 Å². The number of alkyl halides is 3. The molecule has 1 saturated heterocycles. The minimum Gasteiger partial charge on any atom is -0.508 e. The summed E-state index contributed by atoms with van der Waals surface area (Å²) in [5, 5.41) is 15.6. The van der Waals surface area contributed by atoms with Crippen molar-refractivity contribution in [2.24, 2.45) is 10.9 Å². The molecule has 3 N–H and O–H groups in total. The SMILES string of the molecule is CN=C(NCCCc1ccc(O)cc1)NCC1CCN(S(=O)(=O)C(F)(F)F)CC1.I. The van der Waals surface area contributed by atoms with Crippen LogP contribution >= 0.6 is 24.0 Å². The number of phenols is 1. The number of hydrogen-bond donors (Lipinski definition) is 3. The van der Waals surface area contributed by atoms with Gasteiger partial charge in [0.05, 0.1) is 0 Å². The third kappa shape index (κ3) is 7.76. The highest BCUT2D eigenvalue weighted by Crippen LogP contribution is 2.30. The lowest BCUT2D eigenvalue weighted by atomic mass is 9.98. The van der Waals surface area contributed by atoms with E-state index in [1.807, 2.05) is 12.1 Å². The van der Waals surface area contributed by atoms with Gasteiger partial charge in [0.1, 0.15) is 5.75 Å². The van der Waals surface area contributed by atoms with Gasteiger partial charge in [-0.15, -0.1) is 24.0 Å². The van der Waals surface area contributed by atoms with Gasteiger partial charge in [-0.3, -0.25) is 4.99 Å². The average molecular weight is 564 g/mol. The number of nitrogens with one attached hydrogen (secondary N) is 2. The summed E-state index contributed by atoms with van der Waals surface area (Å²) in [7, 11) is -3.60.